The average molecular weight is 372 g/mol. The van der Waals surface area contributed by atoms with E-state index in [2.05, 4.69) is 5.32 Å². The number of nitrogens with zero attached hydrogens (tertiary/aromatic N) is 1. The van der Waals surface area contributed by atoms with Crippen LogP contribution in [-0.4, -0.2) is 29.8 Å². The van der Waals surface area contributed by atoms with E-state index < -0.39 is 16.9 Å². The van der Waals surface area contributed by atoms with Crippen molar-refractivity contribution < 1.29 is 24.0 Å². The highest BCUT2D eigenvalue weighted by Crippen LogP contribution is 2.29. The number of benzene rings is 2. The molecule has 0 bridgehead atoms. The molecule has 1 N–H and O–H groups in total. The van der Waals surface area contributed by atoms with Gasteiger partial charge in [0.1, 0.15) is 11.5 Å². The molecular formula is C19H20N2O6. The smallest absolute Gasteiger partial charge is 0.273 e. The van der Waals surface area contributed by atoms with Gasteiger partial charge in [0.2, 0.25) is 0 Å². The average Bonchev–Trinajstić information content (AvgIpc) is 2.67. The summed E-state index contributed by atoms with van der Waals surface area (Å²) < 4.78 is 10.7. The number of anilines is 1. The molecule has 1 amide bonds. The molecule has 27 heavy (non-hydrogen) atoms. The maximum Gasteiger partial charge on any atom is 0.273 e. The Morgan fingerprint density at radius 3 is 2.41 bits per heavy atom. The highest BCUT2D eigenvalue weighted by atomic mass is 16.6. The zero-order valence-electron chi connectivity index (χ0n) is 15.2. The number of nitro groups is 1. The van der Waals surface area contributed by atoms with Crippen LogP contribution in [0.2, 0.25) is 0 Å². The number of ether oxygens (including phenoxy) is 2. The van der Waals surface area contributed by atoms with Crippen molar-refractivity contribution in [3.05, 3.63) is 58.1 Å². The first-order valence-corrected chi connectivity index (χ1v) is 8.29. The molecule has 0 fully saturated rings. The van der Waals surface area contributed by atoms with Crippen LogP contribution in [0.3, 0.4) is 0 Å². The minimum absolute atomic E-state index is 0.0256. The third-order valence-electron chi connectivity index (χ3n) is 3.83. The summed E-state index contributed by atoms with van der Waals surface area (Å²) in [5.41, 5.74) is 0.737. The predicted octanol–water partition coefficient (Wildman–Crippen LogP) is 3.60. The predicted molar refractivity (Wildman–Crippen MR) is 99.4 cm³/mol. The van der Waals surface area contributed by atoms with E-state index in [4.69, 9.17) is 9.47 Å². The number of carbonyl (C=O) groups is 2. The van der Waals surface area contributed by atoms with Gasteiger partial charge >= 0.3 is 0 Å². The van der Waals surface area contributed by atoms with Crippen LogP contribution in [-0.2, 0) is 4.79 Å². The molecule has 0 aliphatic carbocycles. The number of ketones is 1. The molecule has 2 aromatic rings. The van der Waals surface area contributed by atoms with Crippen molar-refractivity contribution in [2.24, 2.45) is 0 Å². The van der Waals surface area contributed by atoms with Crippen molar-refractivity contribution in [1.29, 1.82) is 0 Å². The second kappa shape index (κ2) is 8.79. The van der Waals surface area contributed by atoms with Gasteiger partial charge in [-0.1, -0.05) is 6.92 Å². The van der Waals surface area contributed by atoms with Crippen LogP contribution in [0.25, 0.3) is 0 Å². The summed E-state index contributed by atoms with van der Waals surface area (Å²) >= 11 is 0. The second-order valence-electron chi connectivity index (χ2n) is 5.69. The van der Waals surface area contributed by atoms with Gasteiger partial charge in [-0.05, 0) is 37.3 Å². The quantitative estimate of drug-likeness (QED) is 0.431. The molecular weight excluding hydrogens is 352 g/mol. The molecule has 142 valence electrons. The van der Waals surface area contributed by atoms with Gasteiger partial charge in [0.25, 0.3) is 11.6 Å². The zero-order valence-corrected chi connectivity index (χ0v) is 15.2. The Morgan fingerprint density at radius 2 is 1.85 bits per heavy atom. The fraction of sp³-hybridized carbons (Fsp3) is 0.263. The molecule has 0 radical (unpaired) electrons. The summed E-state index contributed by atoms with van der Waals surface area (Å²) in [6, 6.07) is 10.4. The standard InChI is InChI=1S/C19H20N2O6/c1-4-17(22)13-5-8-15(9-6-13)27-12(2)19(23)20-16-10-7-14(21(24)25)11-18(16)26-3/h5-12H,4H2,1-3H3,(H,20,23)/t12-/m1/s1. The Labute approximate surface area is 156 Å². The maximum atomic E-state index is 12.3. The summed E-state index contributed by atoms with van der Waals surface area (Å²) in [5.74, 6) is 0.196. The van der Waals surface area contributed by atoms with Crippen molar-refractivity contribution in [3.63, 3.8) is 0 Å². The van der Waals surface area contributed by atoms with Gasteiger partial charge in [0.15, 0.2) is 11.9 Å². The molecule has 8 nitrogen and oxygen atoms in total. The van der Waals surface area contributed by atoms with Crippen molar-refractivity contribution in [1.82, 2.24) is 0 Å². The second-order valence-corrected chi connectivity index (χ2v) is 5.69. The van der Waals surface area contributed by atoms with E-state index in [0.717, 1.165) is 0 Å². The SMILES string of the molecule is CCC(=O)c1ccc(O[C@H](C)C(=O)Nc2ccc([N+](=O)[O-])cc2OC)cc1. The minimum atomic E-state index is -0.836. The summed E-state index contributed by atoms with van der Waals surface area (Å²) in [5, 5.41) is 13.4. The van der Waals surface area contributed by atoms with E-state index in [1.807, 2.05) is 0 Å². The van der Waals surface area contributed by atoms with E-state index in [-0.39, 0.29) is 17.2 Å². The maximum absolute atomic E-state index is 12.3. The molecule has 2 aromatic carbocycles. The first kappa shape index (κ1) is 19.9. The van der Waals surface area contributed by atoms with Crippen molar-refractivity contribution in [3.8, 4) is 11.5 Å². The normalized spacial score (nSPS) is 11.4. The number of hydrogen-bond acceptors (Lipinski definition) is 6. The number of hydrogen-bond donors (Lipinski definition) is 1. The Hall–Kier alpha value is -3.42. The molecule has 1 atom stereocenters. The topological polar surface area (TPSA) is 108 Å². The number of Topliss-reactive ketones (excluding diaryl/α,β-unsaturated/α-hetero) is 1. The fourth-order valence-electron chi connectivity index (χ4n) is 2.31. The summed E-state index contributed by atoms with van der Waals surface area (Å²) in [4.78, 5) is 34.2. The number of non-ortho nitro benzene ring substituents is 1. The van der Waals surface area contributed by atoms with Crippen molar-refractivity contribution >= 4 is 23.1 Å². The van der Waals surface area contributed by atoms with Crippen LogP contribution in [0, 0.1) is 10.1 Å². The van der Waals surface area contributed by atoms with Crippen LogP contribution >= 0.6 is 0 Å². The van der Waals surface area contributed by atoms with E-state index in [9.17, 15) is 19.7 Å². The van der Waals surface area contributed by atoms with Crippen LogP contribution in [0.1, 0.15) is 30.6 Å². The van der Waals surface area contributed by atoms with Crippen LogP contribution in [0.4, 0.5) is 11.4 Å². The number of nitro benzene ring substituents is 1. The molecule has 0 aliphatic heterocycles. The number of methoxy groups -OCH3 is 1. The number of amides is 1. The Bertz CT molecular complexity index is 848. The van der Waals surface area contributed by atoms with Crippen molar-refractivity contribution in [2.75, 3.05) is 12.4 Å². The monoisotopic (exact) mass is 372 g/mol. The molecule has 8 heteroatoms. The van der Waals surface area contributed by atoms with Gasteiger partial charge in [-0.3, -0.25) is 19.7 Å². The van der Waals surface area contributed by atoms with Crippen molar-refractivity contribution in [2.45, 2.75) is 26.4 Å². The first-order chi connectivity index (χ1) is 12.8. The van der Waals surface area contributed by atoms with Gasteiger partial charge in [-0.2, -0.15) is 0 Å². The third kappa shape index (κ3) is 5.04. The van der Waals surface area contributed by atoms with Gasteiger partial charge < -0.3 is 14.8 Å². The Kier molecular flexibility index (Phi) is 6.48. The number of carbonyl (C=O) groups excluding carboxylic acids is 2. The van der Waals surface area contributed by atoms with Gasteiger partial charge in [0, 0.05) is 18.1 Å². The highest BCUT2D eigenvalue weighted by Gasteiger charge is 2.18. The molecule has 0 unspecified atom stereocenters. The zero-order chi connectivity index (χ0) is 20.0. The third-order valence-corrected chi connectivity index (χ3v) is 3.83. The van der Waals surface area contributed by atoms with E-state index in [1.165, 1.54) is 25.3 Å². The number of rotatable bonds is 8. The lowest BCUT2D eigenvalue weighted by Gasteiger charge is -2.16. The fourth-order valence-corrected chi connectivity index (χ4v) is 2.31. The molecule has 0 aliphatic rings. The molecule has 0 aromatic heterocycles. The Morgan fingerprint density at radius 1 is 1.19 bits per heavy atom. The molecule has 0 saturated heterocycles. The first-order valence-electron chi connectivity index (χ1n) is 8.29. The lowest BCUT2D eigenvalue weighted by Crippen LogP contribution is -2.30. The van der Waals surface area contributed by atoms with Crippen LogP contribution < -0.4 is 14.8 Å². The van der Waals surface area contributed by atoms with Crippen LogP contribution in [0.5, 0.6) is 11.5 Å². The van der Waals surface area contributed by atoms with Gasteiger partial charge in [-0.25, -0.2) is 0 Å². The van der Waals surface area contributed by atoms with Gasteiger partial charge in [0.05, 0.1) is 23.8 Å². The van der Waals surface area contributed by atoms with E-state index >= 15 is 0 Å². The lowest BCUT2D eigenvalue weighted by atomic mass is 10.1. The van der Waals surface area contributed by atoms with E-state index in [1.54, 1.807) is 38.1 Å². The summed E-state index contributed by atoms with van der Waals surface area (Å²) in [7, 11) is 1.35. The lowest BCUT2D eigenvalue weighted by molar-refractivity contribution is -0.384. The largest absolute Gasteiger partial charge is 0.494 e. The Balaban J connectivity index is 2.05. The number of nitrogens with one attached hydrogen (secondary N) is 1. The molecule has 0 heterocycles. The molecule has 0 spiro atoms. The summed E-state index contributed by atoms with van der Waals surface area (Å²) in [6.07, 6.45) is -0.423. The minimum Gasteiger partial charge on any atom is -0.494 e. The molecule has 2 rings (SSSR count). The highest BCUT2D eigenvalue weighted by molar-refractivity contribution is 5.96. The summed E-state index contributed by atoms with van der Waals surface area (Å²) in [6.45, 7) is 3.35. The molecule has 0 saturated carbocycles. The van der Waals surface area contributed by atoms with Crippen LogP contribution in [0.15, 0.2) is 42.5 Å². The van der Waals surface area contributed by atoms with Gasteiger partial charge in [-0.15, -0.1) is 0 Å². The van der Waals surface area contributed by atoms with E-state index in [0.29, 0.717) is 23.4 Å².